The van der Waals surface area contributed by atoms with Crippen LogP contribution in [0.15, 0.2) is 18.5 Å². The number of carbonyl (C=O) groups is 1. The van der Waals surface area contributed by atoms with Crippen molar-refractivity contribution in [1.82, 2.24) is 9.78 Å². The zero-order chi connectivity index (χ0) is 15.6. The quantitative estimate of drug-likeness (QED) is 0.514. The molecule has 0 aliphatic carbocycles. The third-order valence-electron chi connectivity index (χ3n) is 2.62. The Hall–Kier alpha value is -2.26. The van der Waals surface area contributed by atoms with Crippen LogP contribution in [-0.2, 0) is 4.74 Å². The van der Waals surface area contributed by atoms with Gasteiger partial charge in [-0.3, -0.25) is 10.1 Å². The maximum atomic E-state index is 11.6. The van der Waals surface area contributed by atoms with Gasteiger partial charge in [0.25, 0.3) is 0 Å². The van der Waals surface area contributed by atoms with Gasteiger partial charge in [0.15, 0.2) is 5.00 Å². The predicted molar refractivity (Wildman–Crippen MR) is 74.7 cm³/mol. The summed E-state index contributed by atoms with van der Waals surface area (Å²) in [7, 11) is 0. The van der Waals surface area contributed by atoms with Crippen molar-refractivity contribution in [2.45, 2.75) is 20.0 Å². The third-order valence-corrected chi connectivity index (χ3v) is 3.91. The van der Waals surface area contributed by atoms with Crippen LogP contribution in [0.25, 0.3) is 5.00 Å². The van der Waals surface area contributed by atoms with Crippen LogP contribution in [0, 0.1) is 10.1 Å². The van der Waals surface area contributed by atoms with Crippen molar-refractivity contribution >= 4 is 23.0 Å². The molecule has 2 aromatic rings. The van der Waals surface area contributed by atoms with Crippen LogP contribution >= 0.6 is 11.3 Å². The van der Waals surface area contributed by atoms with E-state index in [1.807, 2.05) is 0 Å². The summed E-state index contributed by atoms with van der Waals surface area (Å²) in [6.45, 7) is 3.43. The lowest BCUT2D eigenvalue weighted by molar-refractivity contribution is -0.384. The summed E-state index contributed by atoms with van der Waals surface area (Å²) in [6, 6.07) is 1.30. The molecule has 21 heavy (non-hydrogen) atoms. The second-order valence-electron chi connectivity index (χ2n) is 4.17. The molecule has 0 spiro atoms. The second-order valence-corrected chi connectivity index (χ2v) is 5.23. The number of aliphatic hydroxyl groups excluding tert-OH is 1. The number of thiophene rings is 1. The standard InChI is InChI=1S/C12H13N3O5S/c1-3-20-12(17)8-5-13-14(6-8)11-9(15(18)19)4-10(21-11)7(2)16/h4-7,16H,3H2,1-2H3/t7-/m1/s1. The Bertz CT molecular complexity index is 676. The van der Waals surface area contributed by atoms with Gasteiger partial charge in [-0.1, -0.05) is 0 Å². The molecule has 0 aliphatic heterocycles. The molecule has 0 unspecified atom stereocenters. The van der Waals surface area contributed by atoms with Crippen LogP contribution in [0.2, 0.25) is 0 Å². The number of nitro groups is 1. The Labute approximate surface area is 123 Å². The summed E-state index contributed by atoms with van der Waals surface area (Å²) in [5.74, 6) is -0.543. The minimum absolute atomic E-state index is 0.172. The highest BCUT2D eigenvalue weighted by Gasteiger charge is 2.23. The van der Waals surface area contributed by atoms with Crippen molar-refractivity contribution in [3.63, 3.8) is 0 Å². The normalized spacial score (nSPS) is 12.1. The van der Waals surface area contributed by atoms with Crippen LogP contribution in [0.5, 0.6) is 0 Å². The highest BCUT2D eigenvalue weighted by molar-refractivity contribution is 7.15. The predicted octanol–water partition coefficient (Wildman–Crippen LogP) is 2.07. The van der Waals surface area contributed by atoms with Gasteiger partial charge in [-0.25, -0.2) is 9.48 Å². The van der Waals surface area contributed by atoms with E-state index in [4.69, 9.17) is 4.74 Å². The molecule has 2 aromatic heterocycles. The van der Waals surface area contributed by atoms with Gasteiger partial charge >= 0.3 is 11.7 Å². The van der Waals surface area contributed by atoms with Crippen LogP contribution in [0.3, 0.4) is 0 Å². The monoisotopic (exact) mass is 311 g/mol. The molecule has 0 saturated heterocycles. The Morgan fingerprint density at radius 3 is 2.95 bits per heavy atom. The minimum atomic E-state index is -0.817. The molecular weight excluding hydrogens is 298 g/mol. The maximum absolute atomic E-state index is 11.6. The summed E-state index contributed by atoms with van der Waals surface area (Å²) in [5, 5.41) is 24.8. The molecule has 0 saturated carbocycles. The number of rotatable bonds is 5. The zero-order valence-electron chi connectivity index (χ0n) is 11.3. The van der Waals surface area contributed by atoms with Gasteiger partial charge in [-0.2, -0.15) is 5.10 Å². The summed E-state index contributed by atoms with van der Waals surface area (Å²) >= 11 is 1.04. The Kier molecular flexibility index (Phi) is 4.34. The lowest BCUT2D eigenvalue weighted by Gasteiger charge is -1.98. The fraction of sp³-hybridized carbons (Fsp3) is 0.333. The highest BCUT2D eigenvalue weighted by Crippen LogP contribution is 2.35. The van der Waals surface area contributed by atoms with Gasteiger partial charge < -0.3 is 9.84 Å². The molecule has 112 valence electrons. The molecular formula is C12H13N3O5S. The van der Waals surface area contributed by atoms with Crippen LogP contribution in [-0.4, -0.2) is 32.4 Å². The van der Waals surface area contributed by atoms with Crippen LogP contribution < -0.4 is 0 Å². The second kappa shape index (κ2) is 6.02. The highest BCUT2D eigenvalue weighted by atomic mass is 32.1. The number of esters is 1. The van der Waals surface area contributed by atoms with E-state index in [0.29, 0.717) is 4.88 Å². The molecule has 1 atom stereocenters. The molecule has 8 nitrogen and oxygen atoms in total. The van der Waals surface area contributed by atoms with Crippen molar-refractivity contribution in [2.24, 2.45) is 0 Å². The van der Waals surface area contributed by atoms with Crippen molar-refractivity contribution in [2.75, 3.05) is 6.61 Å². The molecule has 0 aliphatic rings. The average molecular weight is 311 g/mol. The minimum Gasteiger partial charge on any atom is -0.462 e. The first-order valence-corrected chi connectivity index (χ1v) is 6.94. The summed E-state index contributed by atoms with van der Waals surface area (Å²) in [4.78, 5) is 22.5. The van der Waals surface area contributed by atoms with Crippen molar-refractivity contribution in [1.29, 1.82) is 0 Å². The average Bonchev–Trinajstić information content (AvgIpc) is 3.05. The number of ether oxygens (including phenoxy) is 1. The van der Waals surface area contributed by atoms with Gasteiger partial charge in [0, 0.05) is 17.1 Å². The fourth-order valence-electron chi connectivity index (χ4n) is 1.64. The van der Waals surface area contributed by atoms with E-state index >= 15 is 0 Å². The van der Waals surface area contributed by atoms with E-state index in [1.54, 1.807) is 6.92 Å². The molecule has 0 radical (unpaired) electrons. The molecule has 9 heteroatoms. The van der Waals surface area contributed by atoms with Gasteiger partial charge in [-0.05, 0) is 13.8 Å². The van der Waals surface area contributed by atoms with Gasteiger partial charge in [0.2, 0.25) is 0 Å². The smallest absolute Gasteiger partial charge is 0.341 e. The van der Waals surface area contributed by atoms with Crippen molar-refractivity contribution in [3.05, 3.63) is 39.0 Å². The van der Waals surface area contributed by atoms with Gasteiger partial charge in [-0.15, -0.1) is 11.3 Å². The largest absolute Gasteiger partial charge is 0.462 e. The van der Waals surface area contributed by atoms with Gasteiger partial charge in [0.1, 0.15) is 0 Å². The number of aliphatic hydroxyl groups is 1. The van der Waals surface area contributed by atoms with Crippen molar-refractivity contribution < 1.29 is 19.6 Å². The van der Waals surface area contributed by atoms with Crippen LogP contribution in [0.4, 0.5) is 5.69 Å². The summed E-state index contributed by atoms with van der Waals surface area (Å²) < 4.78 is 6.07. The zero-order valence-corrected chi connectivity index (χ0v) is 12.2. The van der Waals surface area contributed by atoms with E-state index in [2.05, 4.69) is 5.10 Å². The topological polar surface area (TPSA) is 107 Å². The first-order valence-electron chi connectivity index (χ1n) is 6.12. The molecule has 1 N–H and O–H groups in total. The molecule has 2 heterocycles. The van der Waals surface area contributed by atoms with E-state index in [1.165, 1.54) is 30.1 Å². The lowest BCUT2D eigenvalue weighted by Crippen LogP contribution is -2.03. The number of hydrogen-bond donors (Lipinski definition) is 1. The molecule has 0 bridgehead atoms. The molecule has 0 aromatic carbocycles. The first-order chi connectivity index (χ1) is 9.93. The van der Waals surface area contributed by atoms with Gasteiger partial charge in [0.05, 0.1) is 29.4 Å². The Morgan fingerprint density at radius 1 is 1.67 bits per heavy atom. The van der Waals surface area contributed by atoms with E-state index < -0.39 is 17.0 Å². The number of nitrogens with zero attached hydrogens (tertiary/aromatic N) is 3. The number of aromatic nitrogens is 2. The van der Waals surface area contributed by atoms with Crippen LogP contribution in [0.1, 0.15) is 35.2 Å². The number of carbonyl (C=O) groups excluding carboxylic acids is 1. The Balaban J connectivity index is 2.42. The summed E-state index contributed by atoms with van der Waals surface area (Å²) in [6.07, 6.45) is 1.83. The lowest BCUT2D eigenvalue weighted by atomic mass is 10.3. The maximum Gasteiger partial charge on any atom is 0.341 e. The van der Waals surface area contributed by atoms with E-state index in [9.17, 15) is 20.0 Å². The molecule has 0 amide bonds. The molecule has 2 rings (SSSR count). The van der Waals surface area contributed by atoms with E-state index in [0.717, 1.165) is 11.3 Å². The Morgan fingerprint density at radius 2 is 2.38 bits per heavy atom. The summed E-state index contributed by atoms with van der Waals surface area (Å²) in [5.41, 5.74) is 0.0348. The fourth-order valence-corrected chi connectivity index (χ4v) is 2.64. The first kappa shape index (κ1) is 15.1. The van der Waals surface area contributed by atoms with E-state index in [-0.39, 0.29) is 22.9 Å². The van der Waals surface area contributed by atoms with Crippen molar-refractivity contribution in [3.8, 4) is 5.00 Å². The third kappa shape index (κ3) is 3.09. The SMILES string of the molecule is CCOC(=O)c1cnn(-c2sc([C@@H](C)O)cc2[N+](=O)[O-])c1. The molecule has 0 fully saturated rings. The number of hydrogen-bond acceptors (Lipinski definition) is 7.